The van der Waals surface area contributed by atoms with Crippen LogP contribution in [-0.2, 0) is 17.9 Å². The quantitative estimate of drug-likeness (QED) is 0.334. The normalized spacial score (nSPS) is 11.9. The lowest BCUT2D eigenvalue weighted by Crippen LogP contribution is -2.08. The second kappa shape index (κ2) is 8.09. The Bertz CT molecular complexity index is 1190. The van der Waals surface area contributed by atoms with E-state index in [-0.39, 0.29) is 0 Å². The molecule has 0 unspecified atom stereocenters. The summed E-state index contributed by atoms with van der Waals surface area (Å²) in [6, 6.07) is 13.9. The Morgan fingerprint density at radius 3 is 2.79 bits per heavy atom. The molecule has 2 heterocycles. The third-order valence-corrected chi connectivity index (χ3v) is 5.14. The topological polar surface area (TPSA) is 57.2 Å². The van der Waals surface area contributed by atoms with E-state index in [0.29, 0.717) is 11.6 Å². The van der Waals surface area contributed by atoms with Crippen molar-refractivity contribution in [3.8, 4) is 11.4 Å². The fraction of sp³-hybridized carbons (Fsp3) is 0.227. The summed E-state index contributed by atoms with van der Waals surface area (Å²) < 4.78 is 4.31. The standard InChI is InChI=1S/C22H22ClN5O/c1-4-28-19-10-6-9-18(15(2)26-29-3)21(19)25-20(28)14-27-12-11-24-22(27)16-7-5-8-17(23)13-16/h5-13H,4,14H2,1-3H3. The van der Waals surface area contributed by atoms with Gasteiger partial charge in [0.1, 0.15) is 18.8 Å². The zero-order valence-electron chi connectivity index (χ0n) is 16.6. The first-order chi connectivity index (χ1) is 14.1. The Morgan fingerprint density at radius 2 is 2.03 bits per heavy atom. The van der Waals surface area contributed by atoms with E-state index < -0.39 is 0 Å². The summed E-state index contributed by atoms with van der Waals surface area (Å²) in [5.74, 6) is 1.82. The number of para-hydroxylation sites is 1. The molecule has 2 aromatic carbocycles. The molecule has 0 spiro atoms. The van der Waals surface area contributed by atoms with E-state index in [9.17, 15) is 0 Å². The lowest BCUT2D eigenvalue weighted by molar-refractivity contribution is 0.213. The first kappa shape index (κ1) is 19.2. The molecule has 2 aromatic heterocycles. The molecule has 6 nitrogen and oxygen atoms in total. The van der Waals surface area contributed by atoms with Crippen molar-refractivity contribution in [2.24, 2.45) is 5.16 Å². The van der Waals surface area contributed by atoms with Crippen LogP contribution in [0.2, 0.25) is 5.02 Å². The van der Waals surface area contributed by atoms with Gasteiger partial charge in [-0.15, -0.1) is 0 Å². The highest BCUT2D eigenvalue weighted by Crippen LogP contribution is 2.25. The third-order valence-electron chi connectivity index (χ3n) is 4.90. The molecule has 0 aliphatic heterocycles. The molecule has 0 radical (unpaired) electrons. The number of fused-ring (bicyclic) bond motifs is 1. The second-order valence-electron chi connectivity index (χ2n) is 6.69. The minimum absolute atomic E-state index is 0.601. The molecule has 0 aliphatic carbocycles. The fourth-order valence-electron chi connectivity index (χ4n) is 3.62. The number of nitrogens with zero attached hydrogens (tertiary/aromatic N) is 5. The van der Waals surface area contributed by atoms with Gasteiger partial charge in [-0.3, -0.25) is 0 Å². The molecule has 0 amide bonds. The lowest BCUT2D eigenvalue weighted by atomic mass is 10.1. The average Bonchev–Trinajstić information content (AvgIpc) is 3.32. The molecular formula is C22H22ClN5O. The van der Waals surface area contributed by atoms with Crippen molar-refractivity contribution in [1.82, 2.24) is 19.1 Å². The number of benzene rings is 2. The van der Waals surface area contributed by atoms with Gasteiger partial charge >= 0.3 is 0 Å². The van der Waals surface area contributed by atoms with Gasteiger partial charge in [0.2, 0.25) is 0 Å². The van der Waals surface area contributed by atoms with Crippen LogP contribution >= 0.6 is 11.6 Å². The molecule has 4 aromatic rings. The largest absolute Gasteiger partial charge is 0.399 e. The van der Waals surface area contributed by atoms with Crippen molar-refractivity contribution < 1.29 is 4.84 Å². The summed E-state index contributed by atoms with van der Waals surface area (Å²) in [4.78, 5) is 14.5. The first-order valence-electron chi connectivity index (χ1n) is 9.45. The van der Waals surface area contributed by atoms with E-state index in [1.807, 2.05) is 49.5 Å². The highest BCUT2D eigenvalue weighted by molar-refractivity contribution is 6.30. The Hall–Kier alpha value is -3.12. The van der Waals surface area contributed by atoms with Crippen LogP contribution in [0.5, 0.6) is 0 Å². The van der Waals surface area contributed by atoms with Crippen molar-refractivity contribution in [2.45, 2.75) is 26.9 Å². The molecule has 148 valence electrons. The van der Waals surface area contributed by atoms with Gasteiger partial charge in [-0.05, 0) is 32.0 Å². The van der Waals surface area contributed by atoms with Crippen LogP contribution in [0.4, 0.5) is 0 Å². The van der Waals surface area contributed by atoms with Crippen molar-refractivity contribution in [3.05, 3.63) is 71.3 Å². The lowest BCUT2D eigenvalue weighted by Gasteiger charge is -2.10. The van der Waals surface area contributed by atoms with Crippen LogP contribution in [0.1, 0.15) is 25.2 Å². The first-order valence-corrected chi connectivity index (χ1v) is 9.83. The van der Waals surface area contributed by atoms with Crippen LogP contribution in [0.25, 0.3) is 22.4 Å². The number of hydrogen-bond donors (Lipinski definition) is 0. The monoisotopic (exact) mass is 407 g/mol. The average molecular weight is 408 g/mol. The van der Waals surface area contributed by atoms with Gasteiger partial charge in [0, 0.05) is 35.1 Å². The van der Waals surface area contributed by atoms with E-state index in [1.54, 1.807) is 13.3 Å². The van der Waals surface area contributed by atoms with E-state index in [0.717, 1.165) is 46.1 Å². The number of hydrogen-bond acceptors (Lipinski definition) is 4. The summed E-state index contributed by atoms with van der Waals surface area (Å²) in [5, 5.41) is 4.78. The number of aromatic nitrogens is 4. The predicted molar refractivity (Wildman–Crippen MR) is 116 cm³/mol. The maximum Gasteiger partial charge on any atom is 0.140 e. The molecule has 0 atom stereocenters. The number of halogens is 1. The Morgan fingerprint density at radius 1 is 1.21 bits per heavy atom. The minimum atomic E-state index is 0.601. The smallest absolute Gasteiger partial charge is 0.140 e. The minimum Gasteiger partial charge on any atom is -0.399 e. The Balaban J connectivity index is 1.79. The Kier molecular flexibility index (Phi) is 5.36. The second-order valence-corrected chi connectivity index (χ2v) is 7.13. The van der Waals surface area contributed by atoms with Crippen molar-refractivity contribution >= 4 is 28.3 Å². The molecule has 0 N–H and O–H groups in total. The fourth-order valence-corrected chi connectivity index (χ4v) is 3.81. The summed E-state index contributed by atoms with van der Waals surface area (Å²) in [6.07, 6.45) is 3.77. The number of imidazole rings is 2. The highest BCUT2D eigenvalue weighted by Gasteiger charge is 2.16. The molecule has 0 aliphatic rings. The van der Waals surface area contributed by atoms with Crippen molar-refractivity contribution in [1.29, 1.82) is 0 Å². The van der Waals surface area contributed by atoms with Gasteiger partial charge in [-0.25, -0.2) is 9.97 Å². The Labute approximate surface area is 174 Å². The van der Waals surface area contributed by atoms with Gasteiger partial charge in [0.15, 0.2) is 0 Å². The summed E-state index contributed by atoms with van der Waals surface area (Å²) in [6.45, 7) is 5.47. The van der Waals surface area contributed by atoms with Crippen LogP contribution in [0.3, 0.4) is 0 Å². The maximum absolute atomic E-state index is 6.17. The third kappa shape index (κ3) is 3.63. The van der Waals surface area contributed by atoms with Gasteiger partial charge < -0.3 is 14.0 Å². The predicted octanol–water partition coefficient (Wildman–Crippen LogP) is 4.99. The van der Waals surface area contributed by atoms with Crippen molar-refractivity contribution in [3.63, 3.8) is 0 Å². The molecule has 0 saturated carbocycles. The van der Waals surface area contributed by atoms with E-state index in [1.165, 1.54) is 0 Å². The number of rotatable bonds is 6. The molecule has 4 rings (SSSR count). The SMILES string of the molecule is CCn1c(Cn2ccnc2-c2cccc(Cl)c2)nc2c(C(C)=NOC)cccc21. The summed E-state index contributed by atoms with van der Waals surface area (Å²) in [7, 11) is 1.55. The maximum atomic E-state index is 6.17. The van der Waals surface area contributed by atoms with E-state index in [2.05, 4.69) is 32.3 Å². The van der Waals surface area contributed by atoms with Crippen molar-refractivity contribution in [2.75, 3.05) is 7.11 Å². The number of oxime groups is 1. The van der Waals surface area contributed by atoms with Crippen LogP contribution in [0.15, 0.2) is 60.0 Å². The molecule has 0 bridgehead atoms. The molecule has 0 fully saturated rings. The van der Waals surface area contributed by atoms with Crippen LogP contribution < -0.4 is 0 Å². The number of aryl methyl sites for hydroxylation is 1. The van der Waals surface area contributed by atoms with Gasteiger partial charge in [-0.2, -0.15) is 0 Å². The molecule has 29 heavy (non-hydrogen) atoms. The van der Waals surface area contributed by atoms with Crippen LogP contribution in [0, 0.1) is 0 Å². The van der Waals surface area contributed by atoms with E-state index in [4.69, 9.17) is 21.4 Å². The van der Waals surface area contributed by atoms with Gasteiger partial charge in [0.25, 0.3) is 0 Å². The molecular weight excluding hydrogens is 386 g/mol. The zero-order valence-corrected chi connectivity index (χ0v) is 17.4. The summed E-state index contributed by atoms with van der Waals surface area (Å²) >= 11 is 6.17. The van der Waals surface area contributed by atoms with Crippen LogP contribution in [-0.4, -0.2) is 31.9 Å². The van der Waals surface area contributed by atoms with Gasteiger partial charge in [0.05, 0.1) is 23.3 Å². The summed E-state index contributed by atoms with van der Waals surface area (Å²) in [5.41, 5.74) is 4.75. The van der Waals surface area contributed by atoms with Gasteiger partial charge in [-0.1, -0.05) is 41.0 Å². The highest BCUT2D eigenvalue weighted by atomic mass is 35.5. The molecule has 0 saturated heterocycles. The molecule has 7 heteroatoms. The zero-order chi connectivity index (χ0) is 20.4. The van der Waals surface area contributed by atoms with E-state index >= 15 is 0 Å².